The highest BCUT2D eigenvalue weighted by atomic mass is 16.1. The first-order valence-electron chi connectivity index (χ1n) is 7.52. The quantitative estimate of drug-likeness (QED) is 0.747. The molecule has 0 spiro atoms. The third-order valence-electron chi connectivity index (χ3n) is 4.29. The van der Waals surface area contributed by atoms with Crippen LogP contribution in [-0.4, -0.2) is 29.3 Å². The lowest BCUT2D eigenvalue weighted by atomic mass is 9.97. The number of rotatable bonds is 5. The van der Waals surface area contributed by atoms with Crippen molar-refractivity contribution in [3.63, 3.8) is 0 Å². The van der Waals surface area contributed by atoms with Crippen LogP contribution in [0.25, 0.3) is 0 Å². The van der Waals surface area contributed by atoms with Gasteiger partial charge < -0.3 is 0 Å². The van der Waals surface area contributed by atoms with Crippen LogP contribution in [0.1, 0.15) is 56.3 Å². The van der Waals surface area contributed by atoms with Gasteiger partial charge in [0.05, 0.1) is 0 Å². The Bertz CT molecular complexity index is 391. The van der Waals surface area contributed by atoms with E-state index in [1.807, 2.05) is 30.3 Å². The van der Waals surface area contributed by atoms with E-state index in [0.29, 0.717) is 18.5 Å². The summed E-state index contributed by atoms with van der Waals surface area (Å²) in [5.41, 5.74) is 0.849. The van der Waals surface area contributed by atoms with E-state index < -0.39 is 0 Å². The van der Waals surface area contributed by atoms with Crippen LogP contribution in [-0.2, 0) is 0 Å². The van der Waals surface area contributed by atoms with E-state index in [2.05, 4.69) is 18.7 Å². The summed E-state index contributed by atoms with van der Waals surface area (Å²) < 4.78 is 0. The van der Waals surface area contributed by atoms with Crippen molar-refractivity contribution in [2.24, 2.45) is 0 Å². The summed E-state index contributed by atoms with van der Waals surface area (Å²) in [5.74, 6) is 0.276. The zero-order valence-corrected chi connectivity index (χ0v) is 12.1. The molecule has 0 aliphatic carbocycles. The molecule has 1 heterocycles. The van der Waals surface area contributed by atoms with Crippen LogP contribution in [0.3, 0.4) is 0 Å². The van der Waals surface area contributed by atoms with E-state index in [1.54, 1.807) is 0 Å². The zero-order chi connectivity index (χ0) is 13.7. The molecule has 2 heteroatoms. The number of likely N-dealkylation sites (tertiary alicyclic amines) is 1. The molecular weight excluding hydrogens is 234 g/mol. The topological polar surface area (TPSA) is 20.3 Å². The van der Waals surface area contributed by atoms with Crippen LogP contribution in [0.4, 0.5) is 0 Å². The van der Waals surface area contributed by atoms with Crippen LogP contribution in [0.5, 0.6) is 0 Å². The highest BCUT2D eigenvalue weighted by Gasteiger charge is 2.23. The van der Waals surface area contributed by atoms with Crippen molar-refractivity contribution in [3.8, 4) is 0 Å². The Kier molecular flexibility index (Phi) is 5.15. The number of hydrogen-bond donors (Lipinski definition) is 0. The van der Waals surface area contributed by atoms with Gasteiger partial charge in [-0.05, 0) is 39.7 Å². The Balaban J connectivity index is 1.78. The van der Waals surface area contributed by atoms with Crippen LogP contribution < -0.4 is 0 Å². The van der Waals surface area contributed by atoms with Crippen molar-refractivity contribution in [2.75, 3.05) is 6.54 Å². The molecule has 2 rings (SSSR count). The monoisotopic (exact) mass is 259 g/mol. The number of hydrogen-bond acceptors (Lipinski definition) is 2. The average molecular weight is 259 g/mol. The lowest BCUT2D eigenvalue weighted by Crippen LogP contribution is -2.44. The number of Topliss-reactive ketones (excluding diaryl/α,β-unsaturated/α-hetero) is 1. The molecule has 0 radical (unpaired) electrons. The first-order valence-corrected chi connectivity index (χ1v) is 7.52. The fourth-order valence-electron chi connectivity index (χ4n) is 3.11. The van der Waals surface area contributed by atoms with E-state index in [9.17, 15) is 4.79 Å². The summed E-state index contributed by atoms with van der Waals surface area (Å²) in [6, 6.07) is 11.0. The Hall–Kier alpha value is -1.15. The third kappa shape index (κ3) is 3.90. The number of piperidine rings is 1. The minimum Gasteiger partial charge on any atom is -0.298 e. The molecule has 0 amide bonds. The number of ketones is 1. The standard InChI is InChI=1S/C17H25NO/c1-14-8-6-9-15(2)18(14)13-7-12-17(19)16-10-4-3-5-11-16/h3-5,10-11,14-15H,6-9,12-13H2,1-2H3/t14-,15-/m0/s1. The number of carbonyl (C=O) groups is 1. The predicted octanol–water partition coefficient (Wildman–Crippen LogP) is 3.91. The highest BCUT2D eigenvalue weighted by molar-refractivity contribution is 5.95. The minimum atomic E-state index is 0.276. The number of nitrogens with zero attached hydrogens (tertiary/aromatic N) is 1. The molecule has 1 aliphatic rings. The predicted molar refractivity (Wildman–Crippen MR) is 79.5 cm³/mol. The molecule has 19 heavy (non-hydrogen) atoms. The Morgan fingerprint density at radius 3 is 2.42 bits per heavy atom. The Morgan fingerprint density at radius 2 is 1.79 bits per heavy atom. The second kappa shape index (κ2) is 6.85. The van der Waals surface area contributed by atoms with Gasteiger partial charge in [-0.2, -0.15) is 0 Å². The van der Waals surface area contributed by atoms with E-state index in [0.717, 1.165) is 18.5 Å². The number of carbonyl (C=O) groups excluding carboxylic acids is 1. The van der Waals surface area contributed by atoms with Crippen LogP contribution in [0.2, 0.25) is 0 Å². The molecule has 0 bridgehead atoms. The molecule has 2 atom stereocenters. The lowest BCUT2D eigenvalue weighted by molar-refractivity contribution is 0.0901. The Morgan fingerprint density at radius 1 is 1.16 bits per heavy atom. The van der Waals surface area contributed by atoms with E-state index >= 15 is 0 Å². The maximum Gasteiger partial charge on any atom is 0.162 e. The van der Waals surface area contributed by atoms with Crippen molar-refractivity contribution in [1.29, 1.82) is 0 Å². The molecule has 1 aromatic carbocycles. The minimum absolute atomic E-state index is 0.276. The lowest BCUT2D eigenvalue weighted by Gasteiger charge is -2.39. The van der Waals surface area contributed by atoms with Crippen molar-refractivity contribution in [1.82, 2.24) is 4.90 Å². The Labute approximate surface area is 116 Å². The summed E-state index contributed by atoms with van der Waals surface area (Å²) in [4.78, 5) is 14.6. The second-order valence-corrected chi connectivity index (χ2v) is 5.76. The van der Waals surface area contributed by atoms with Gasteiger partial charge in [-0.3, -0.25) is 9.69 Å². The molecule has 1 saturated heterocycles. The molecule has 104 valence electrons. The molecule has 0 N–H and O–H groups in total. The van der Waals surface area contributed by atoms with Crippen molar-refractivity contribution < 1.29 is 4.79 Å². The second-order valence-electron chi connectivity index (χ2n) is 5.76. The summed E-state index contributed by atoms with van der Waals surface area (Å²) >= 11 is 0. The van der Waals surface area contributed by atoms with Gasteiger partial charge in [0, 0.05) is 24.1 Å². The normalized spacial score (nSPS) is 24.3. The summed E-state index contributed by atoms with van der Waals surface area (Å²) in [7, 11) is 0. The van der Waals surface area contributed by atoms with Crippen molar-refractivity contribution in [3.05, 3.63) is 35.9 Å². The first-order chi connectivity index (χ1) is 9.18. The largest absolute Gasteiger partial charge is 0.298 e. The highest BCUT2D eigenvalue weighted by Crippen LogP contribution is 2.22. The fourth-order valence-corrected chi connectivity index (χ4v) is 3.11. The third-order valence-corrected chi connectivity index (χ3v) is 4.29. The van der Waals surface area contributed by atoms with Crippen LogP contribution in [0.15, 0.2) is 30.3 Å². The average Bonchev–Trinajstić information content (AvgIpc) is 2.43. The van der Waals surface area contributed by atoms with E-state index in [4.69, 9.17) is 0 Å². The molecule has 1 fully saturated rings. The first kappa shape index (κ1) is 14.3. The SMILES string of the molecule is C[C@H]1CCC[C@H](C)N1CCCC(=O)c1ccccc1. The maximum atomic E-state index is 12.0. The van der Waals surface area contributed by atoms with Crippen LogP contribution in [0, 0.1) is 0 Å². The summed E-state index contributed by atoms with van der Waals surface area (Å²) in [6.45, 7) is 5.68. The zero-order valence-electron chi connectivity index (χ0n) is 12.1. The van der Waals surface area contributed by atoms with Gasteiger partial charge in [0.15, 0.2) is 5.78 Å². The smallest absolute Gasteiger partial charge is 0.162 e. The molecule has 1 aliphatic heterocycles. The van der Waals surface area contributed by atoms with E-state index in [-0.39, 0.29) is 5.78 Å². The van der Waals surface area contributed by atoms with Crippen LogP contribution >= 0.6 is 0 Å². The molecule has 0 unspecified atom stereocenters. The molecule has 1 aromatic rings. The summed E-state index contributed by atoms with van der Waals surface area (Å²) in [5, 5.41) is 0. The maximum absolute atomic E-state index is 12.0. The van der Waals surface area contributed by atoms with Gasteiger partial charge in [-0.15, -0.1) is 0 Å². The molecule has 2 nitrogen and oxygen atoms in total. The molecule has 0 aromatic heterocycles. The van der Waals surface area contributed by atoms with Gasteiger partial charge >= 0.3 is 0 Å². The fraction of sp³-hybridized carbons (Fsp3) is 0.588. The molecular formula is C17H25NO. The van der Waals surface area contributed by atoms with Gasteiger partial charge in [0.2, 0.25) is 0 Å². The van der Waals surface area contributed by atoms with Gasteiger partial charge in [0.1, 0.15) is 0 Å². The van der Waals surface area contributed by atoms with Gasteiger partial charge in [0.25, 0.3) is 0 Å². The molecule has 0 saturated carbocycles. The number of benzene rings is 1. The summed E-state index contributed by atoms with van der Waals surface area (Å²) in [6.07, 6.45) is 5.60. The van der Waals surface area contributed by atoms with E-state index in [1.165, 1.54) is 19.3 Å². The van der Waals surface area contributed by atoms with Gasteiger partial charge in [-0.1, -0.05) is 36.8 Å². The van der Waals surface area contributed by atoms with Gasteiger partial charge in [-0.25, -0.2) is 0 Å². The van der Waals surface area contributed by atoms with Crippen molar-refractivity contribution >= 4 is 5.78 Å². The van der Waals surface area contributed by atoms with Crippen molar-refractivity contribution in [2.45, 2.75) is 58.0 Å².